The number of halogens is 2. The number of esters is 1. The molecule has 0 amide bonds. The van der Waals surface area contributed by atoms with Crippen molar-refractivity contribution in [3.63, 3.8) is 0 Å². The Morgan fingerprint density at radius 1 is 1.50 bits per heavy atom. The number of ether oxygens (including phenoxy) is 1. The summed E-state index contributed by atoms with van der Waals surface area (Å²) >= 11 is 0. The van der Waals surface area contributed by atoms with Gasteiger partial charge >= 0.3 is 11.9 Å². The monoisotopic (exact) mass is 236 g/mol. The molecule has 0 saturated heterocycles. The average molecular weight is 236 g/mol. The molecule has 92 valence electrons. The SMILES string of the molecule is CCOC(=O)C(F)(F)C1(O)CCC(=O)CC1. The summed E-state index contributed by atoms with van der Waals surface area (Å²) in [5, 5.41) is 9.71. The van der Waals surface area contributed by atoms with Crippen LogP contribution in [-0.4, -0.2) is 35.0 Å². The first-order valence-electron chi connectivity index (χ1n) is 5.12. The van der Waals surface area contributed by atoms with Crippen molar-refractivity contribution < 1.29 is 28.2 Å². The van der Waals surface area contributed by atoms with Gasteiger partial charge in [0, 0.05) is 12.8 Å². The Morgan fingerprint density at radius 2 is 2.00 bits per heavy atom. The second-order valence-corrected chi connectivity index (χ2v) is 3.87. The maximum absolute atomic E-state index is 13.6. The van der Waals surface area contributed by atoms with Crippen molar-refractivity contribution in [2.45, 2.75) is 44.1 Å². The van der Waals surface area contributed by atoms with E-state index in [2.05, 4.69) is 4.74 Å². The van der Waals surface area contributed by atoms with Crippen molar-refractivity contribution >= 4 is 11.8 Å². The Balaban J connectivity index is 2.80. The standard InChI is InChI=1S/C10H14F2O4/c1-2-16-8(14)10(11,12)9(15)5-3-7(13)4-6-9/h15H,2-6H2,1H3. The second-order valence-electron chi connectivity index (χ2n) is 3.87. The lowest BCUT2D eigenvalue weighted by molar-refractivity contribution is -0.219. The number of carbonyl (C=O) groups is 2. The molecule has 1 aliphatic rings. The molecule has 1 N–H and O–H groups in total. The highest BCUT2D eigenvalue weighted by molar-refractivity contribution is 5.82. The maximum atomic E-state index is 13.6. The second kappa shape index (κ2) is 4.45. The van der Waals surface area contributed by atoms with Gasteiger partial charge in [0.25, 0.3) is 0 Å². The number of hydrogen-bond acceptors (Lipinski definition) is 4. The van der Waals surface area contributed by atoms with E-state index in [0.717, 1.165) is 0 Å². The van der Waals surface area contributed by atoms with Crippen molar-refractivity contribution in [1.29, 1.82) is 0 Å². The highest BCUT2D eigenvalue weighted by atomic mass is 19.3. The molecule has 0 spiro atoms. The van der Waals surface area contributed by atoms with E-state index in [0.29, 0.717) is 0 Å². The van der Waals surface area contributed by atoms with Gasteiger partial charge in [-0.15, -0.1) is 0 Å². The molecule has 6 heteroatoms. The Hall–Kier alpha value is -1.04. The van der Waals surface area contributed by atoms with E-state index in [9.17, 15) is 23.5 Å². The normalized spacial score (nSPS) is 20.6. The van der Waals surface area contributed by atoms with Crippen molar-refractivity contribution in [3.05, 3.63) is 0 Å². The molecule has 0 aromatic heterocycles. The van der Waals surface area contributed by atoms with Gasteiger partial charge in [-0.25, -0.2) is 4.79 Å². The predicted octanol–water partition coefficient (Wildman–Crippen LogP) is 1.06. The number of alkyl halides is 2. The molecular weight excluding hydrogens is 222 g/mol. The van der Waals surface area contributed by atoms with E-state index in [1.807, 2.05) is 0 Å². The first-order chi connectivity index (χ1) is 7.33. The molecular formula is C10H14F2O4. The maximum Gasteiger partial charge on any atom is 0.380 e. The van der Waals surface area contributed by atoms with Crippen LogP contribution in [0.1, 0.15) is 32.6 Å². The Labute approximate surface area is 91.6 Å². The third-order valence-corrected chi connectivity index (χ3v) is 2.75. The quantitative estimate of drug-likeness (QED) is 0.744. The van der Waals surface area contributed by atoms with Crippen LogP contribution < -0.4 is 0 Å². The van der Waals surface area contributed by atoms with Crippen LogP contribution in [0.5, 0.6) is 0 Å². The average Bonchev–Trinajstić information content (AvgIpc) is 2.23. The van der Waals surface area contributed by atoms with Crippen LogP contribution in [0.15, 0.2) is 0 Å². The summed E-state index contributed by atoms with van der Waals surface area (Å²) < 4.78 is 31.3. The summed E-state index contributed by atoms with van der Waals surface area (Å²) in [6.45, 7) is 1.23. The Morgan fingerprint density at radius 3 is 2.44 bits per heavy atom. The molecule has 1 aliphatic carbocycles. The number of Topliss-reactive ketones (excluding diaryl/α,β-unsaturated/α-hetero) is 1. The highest BCUT2D eigenvalue weighted by Crippen LogP contribution is 2.40. The van der Waals surface area contributed by atoms with Crippen LogP contribution in [0.3, 0.4) is 0 Å². The van der Waals surface area contributed by atoms with Gasteiger partial charge < -0.3 is 9.84 Å². The Kier molecular flexibility index (Phi) is 3.62. The first-order valence-corrected chi connectivity index (χ1v) is 5.12. The van der Waals surface area contributed by atoms with E-state index in [4.69, 9.17) is 0 Å². The molecule has 0 radical (unpaired) electrons. The predicted molar refractivity (Wildman–Crippen MR) is 50.0 cm³/mol. The minimum Gasteiger partial charge on any atom is -0.461 e. The largest absolute Gasteiger partial charge is 0.461 e. The molecule has 0 heterocycles. The van der Waals surface area contributed by atoms with E-state index >= 15 is 0 Å². The van der Waals surface area contributed by atoms with Crippen molar-refractivity contribution in [1.82, 2.24) is 0 Å². The van der Waals surface area contributed by atoms with E-state index in [-0.39, 0.29) is 25.2 Å². The van der Waals surface area contributed by atoms with Crippen LogP contribution in [-0.2, 0) is 14.3 Å². The van der Waals surface area contributed by atoms with Gasteiger partial charge in [0.15, 0.2) is 0 Å². The van der Waals surface area contributed by atoms with E-state index in [1.165, 1.54) is 6.92 Å². The molecule has 1 saturated carbocycles. The molecule has 0 aromatic carbocycles. The topological polar surface area (TPSA) is 63.6 Å². The summed E-state index contributed by atoms with van der Waals surface area (Å²) in [7, 11) is 0. The molecule has 0 aromatic rings. The lowest BCUT2D eigenvalue weighted by Crippen LogP contribution is -2.55. The van der Waals surface area contributed by atoms with Crippen molar-refractivity contribution in [2.75, 3.05) is 6.61 Å². The van der Waals surface area contributed by atoms with Gasteiger partial charge in [0.2, 0.25) is 0 Å². The number of rotatable bonds is 3. The smallest absolute Gasteiger partial charge is 0.380 e. The van der Waals surface area contributed by atoms with Gasteiger partial charge in [-0.3, -0.25) is 4.79 Å². The summed E-state index contributed by atoms with van der Waals surface area (Å²) in [5.41, 5.74) is -2.45. The highest BCUT2D eigenvalue weighted by Gasteiger charge is 2.60. The van der Waals surface area contributed by atoms with Gasteiger partial charge in [-0.05, 0) is 19.8 Å². The third-order valence-electron chi connectivity index (χ3n) is 2.75. The zero-order valence-corrected chi connectivity index (χ0v) is 8.96. The van der Waals surface area contributed by atoms with Gasteiger partial charge in [0.1, 0.15) is 11.4 Å². The zero-order chi connectivity index (χ0) is 12.4. The van der Waals surface area contributed by atoms with Crippen molar-refractivity contribution in [3.8, 4) is 0 Å². The minimum atomic E-state index is -3.95. The van der Waals surface area contributed by atoms with E-state index in [1.54, 1.807) is 0 Å². The molecule has 1 fully saturated rings. The van der Waals surface area contributed by atoms with Crippen LogP contribution in [0, 0.1) is 0 Å². The van der Waals surface area contributed by atoms with Crippen LogP contribution in [0.2, 0.25) is 0 Å². The lowest BCUT2D eigenvalue weighted by Gasteiger charge is -2.36. The molecule has 0 aliphatic heterocycles. The fourth-order valence-corrected chi connectivity index (χ4v) is 1.67. The Bertz CT molecular complexity index is 291. The molecule has 1 rings (SSSR count). The summed E-state index contributed by atoms with van der Waals surface area (Å²) in [5.74, 6) is -5.86. The fraction of sp³-hybridized carbons (Fsp3) is 0.800. The number of aliphatic hydroxyl groups is 1. The van der Waals surface area contributed by atoms with Crippen molar-refractivity contribution in [2.24, 2.45) is 0 Å². The molecule has 0 bridgehead atoms. The molecule has 16 heavy (non-hydrogen) atoms. The zero-order valence-electron chi connectivity index (χ0n) is 8.96. The molecule has 0 atom stereocenters. The van der Waals surface area contributed by atoms with Gasteiger partial charge in [0.05, 0.1) is 6.61 Å². The first kappa shape index (κ1) is 13.0. The summed E-state index contributed by atoms with van der Waals surface area (Å²) in [6, 6.07) is 0. The van der Waals surface area contributed by atoms with Crippen LogP contribution in [0.4, 0.5) is 8.78 Å². The summed E-state index contributed by atoms with van der Waals surface area (Å²) in [6.07, 6.45) is -1.08. The minimum absolute atomic E-state index is 0.133. The van der Waals surface area contributed by atoms with Crippen LogP contribution >= 0.6 is 0 Å². The number of hydrogen-bond donors (Lipinski definition) is 1. The lowest BCUT2D eigenvalue weighted by atomic mass is 9.79. The van der Waals surface area contributed by atoms with Crippen LogP contribution in [0.25, 0.3) is 0 Å². The van der Waals surface area contributed by atoms with Gasteiger partial charge in [-0.1, -0.05) is 0 Å². The number of ketones is 1. The molecule has 4 nitrogen and oxygen atoms in total. The molecule has 0 unspecified atom stereocenters. The number of carbonyl (C=O) groups excluding carboxylic acids is 2. The summed E-state index contributed by atoms with van der Waals surface area (Å²) in [4.78, 5) is 21.9. The third kappa shape index (κ3) is 2.21. The van der Waals surface area contributed by atoms with Gasteiger partial charge in [-0.2, -0.15) is 8.78 Å². The fourth-order valence-electron chi connectivity index (χ4n) is 1.67. The van der Waals surface area contributed by atoms with E-state index < -0.39 is 30.3 Å².